The molecule has 0 saturated carbocycles. The number of hydrogen-bond acceptors (Lipinski definition) is 3. The lowest BCUT2D eigenvalue weighted by molar-refractivity contribution is -0.123. The molecule has 0 spiro atoms. The lowest BCUT2D eigenvalue weighted by Gasteiger charge is -2.31. The molecule has 0 radical (unpaired) electrons. The monoisotopic (exact) mass is 289 g/mol. The number of anilines is 1. The molecule has 0 aromatic heterocycles. The van der Waals surface area contributed by atoms with Crippen LogP contribution in [-0.4, -0.2) is 35.7 Å². The van der Waals surface area contributed by atoms with Gasteiger partial charge in [0.2, 0.25) is 5.91 Å². The number of carbonyl (C=O) groups is 3. The van der Waals surface area contributed by atoms with Gasteiger partial charge in [0.05, 0.1) is 5.92 Å². The van der Waals surface area contributed by atoms with E-state index in [4.69, 9.17) is 5.73 Å². The minimum Gasteiger partial charge on any atom is -0.369 e. The lowest BCUT2D eigenvalue weighted by Crippen LogP contribution is -2.45. The molecule has 2 rings (SSSR count). The number of urea groups is 1. The fourth-order valence-electron chi connectivity index (χ4n) is 2.38. The number of hydrogen-bond donors (Lipinski definition) is 2. The third-order valence-electron chi connectivity index (χ3n) is 3.65. The zero-order valence-electron chi connectivity index (χ0n) is 12.0. The molecule has 6 nitrogen and oxygen atoms in total. The first-order valence-electron chi connectivity index (χ1n) is 6.93. The van der Waals surface area contributed by atoms with Crippen molar-refractivity contribution in [3.8, 4) is 0 Å². The highest BCUT2D eigenvalue weighted by atomic mass is 16.2. The highest BCUT2D eigenvalue weighted by molar-refractivity contribution is 5.95. The number of ketones is 1. The molecule has 0 aliphatic carbocycles. The summed E-state index contributed by atoms with van der Waals surface area (Å²) in [6.07, 6.45) is 1.50. The van der Waals surface area contributed by atoms with Gasteiger partial charge in [-0.3, -0.25) is 9.59 Å². The second-order valence-corrected chi connectivity index (χ2v) is 5.25. The Labute approximate surface area is 123 Å². The average molecular weight is 289 g/mol. The number of nitrogens with zero attached hydrogens (tertiary/aromatic N) is 1. The van der Waals surface area contributed by atoms with Crippen LogP contribution >= 0.6 is 0 Å². The van der Waals surface area contributed by atoms with Crippen molar-refractivity contribution in [2.75, 3.05) is 18.4 Å². The van der Waals surface area contributed by atoms with E-state index in [0.29, 0.717) is 24.3 Å². The first-order valence-corrected chi connectivity index (χ1v) is 6.93. The zero-order valence-corrected chi connectivity index (χ0v) is 12.0. The van der Waals surface area contributed by atoms with Crippen LogP contribution in [0, 0.1) is 5.92 Å². The van der Waals surface area contributed by atoms with E-state index in [1.165, 1.54) is 6.92 Å². The summed E-state index contributed by atoms with van der Waals surface area (Å²) in [4.78, 5) is 36.1. The van der Waals surface area contributed by atoms with Crippen LogP contribution in [-0.2, 0) is 4.79 Å². The molecule has 0 bridgehead atoms. The Morgan fingerprint density at radius 3 is 2.48 bits per heavy atom. The number of carbonyl (C=O) groups excluding carboxylic acids is 3. The van der Waals surface area contributed by atoms with Gasteiger partial charge in [-0.05, 0) is 44.0 Å². The summed E-state index contributed by atoms with van der Waals surface area (Å²) in [7, 11) is 0. The van der Waals surface area contributed by atoms with Crippen LogP contribution in [0.25, 0.3) is 0 Å². The quantitative estimate of drug-likeness (QED) is 0.828. The largest absolute Gasteiger partial charge is 0.369 e. The van der Waals surface area contributed by atoms with E-state index >= 15 is 0 Å². The van der Waals surface area contributed by atoms with Crippen molar-refractivity contribution in [1.82, 2.24) is 4.90 Å². The number of primary amides is 1. The molecule has 1 unspecified atom stereocenters. The van der Waals surface area contributed by atoms with Gasteiger partial charge in [0.25, 0.3) is 0 Å². The maximum absolute atomic E-state index is 12.2. The van der Waals surface area contributed by atoms with Gasteiger partial charge >= 0.3 is 6.03 Å². The number of amides is 3. The molecular formula is C15H19N3O3. The second kappa shape index (κ2) is 6.39. The van der Waals surface area contributed by atoms with Crippen LogP contribution in [0.1, 0.15) is 30.1 Å². The fourth-order valence-corrected chi connectivity index (χ4v) is 2.38. The summed E-state index contributed by atoms with van der Waals surface area (Å²) >= 11 is 0. The van der Waals surface area contributed by atoms with E-state index in [1.807, 2.05) is 0 Å². The van der Waals surface area contributed by atoms with Gasteiger partial charge in [0, 0.05) is 24.3 Å². The Bertz CT molecular complexity index is 554. The molecule has 1 fully saturated rings. The SMILES string of the molecule is CC(=O)c1ccc(NC(=O)N2CCCC(C(N)=O)C2)cc1. The van der Waals surface area contributed by atoms with E-state index in [9.17, 15) is 14.4 Å². The molecule has 1 heterocycles. The third-order valence-corrected chi connectivity index (χ3v) is 3.65. The van der Waals surface area contributed by atoms with E-state index in [0.717, 1.165) is 12.8 Å². The van der Waals surface area contributed by atoms with Crippen LogP contribution in [0.3, 0.4) is 0 Å². The van der Waals surface area contributed by atoms with Crippen molar-refractivity contribution in [3.63, 3.8) is 0 Å². The molecule has 1 atom stereocenters. The molecule has 1 aromatic carbocycles. The van der Waals surface area contributed by atoms with Gasteiger partial charge in [-0.1, -0.05) is 0 Å². The summed E-state index contributed by atoms with van der Waals surface area (Å²) in [6.45, 7) is 2.46. The molecule has 3 N–H and O–H groups in total. The normalized spacial score (nSPS) is 18.1. The van der Waals surface area contributed by atoms with Crippen LogP contribution in [0.2, 0.25) is 0 Å². The summed E-state index contributed by atoms with van der Waals surface area (Å²) in [5.74, 6) is -0.656. The van der Waals surface area contributed by atoms with E-state index in [-0.39, 0.29) is 23.6 Å². The smallest absolute Gasteiger partial charge is 0.321 e. The van der Waals surface area contributed by atoms with Gasteiger partial charge in [-0.2, -0.15) is 0 Å². The van der Waals surface area contributed by atoms with Crippen LogP contribution in [0.15, 0.2) is 24.3 Å². The molecule has 1 aliphatic heterocycles. The Balaban J connectivity index is 1.97. The maximum atomic E-state index is 12.2. The fraction of sp³-hybridized carbons (Fsp3) is 0.400. The van der Waals surface area contributed by atoms with E-state index in [1.54, 1.807) is 29.2 Å². The molecule has 1 saturated heterocycles. The second-order valence-electron chi connectivity index (χ2n) is 5.25. The number of likely N-dealkylation sites (tertiary alicyclic amines) is 1. The van der Waals surface area contributed by atoms with Crippen molar-refractivity contribution in [2.24, 2.45) is 11.7 Å². The molecule has 112 valence electrons. The Morgan fingerprint density at radius 2 is 1.90 bits per heavy atom. The number of benzene rings is 1. The predicted molar refractivity (Wildman–Crippen MR) is 79.0 cm³/mol. The highest BCUT2D eigenvalue weighted by Crippen LogP contribution is 2.17. The number of nitrogens with two attached hydrogens (primary N) is 1. The predicted octanol–water partition coefficient (Wildman–Crippen LogP) is 1.62. The van der Waals surface area contributed by atoms with Crippen molar-refractivity contribution in [1.29, 1.82) is 0 Å². The Hall–Kier alpha value is -2.37. The molecule has 1 aliphatic rings. The minimum absolute atomic E-state index is 0.0202. The van der Waals surface area contributed by atoms with Crippen molar-refractivity contribution in [2.45, 2.75) is 19.8 Å². The Morgan fingerprint density at radius 1 is 1.24 bits per heavy atom. The van der Waals surface area contributed by atoms with Crippen LogP contribution < -0.4 is 11.1 Å². The highest BCUT2D eigenvalue weighted by Gasteiger charge is 2.26. The van der Waals surface area contributed by atoms with Crippen molar-refractivity contribution in [3.05, 3.63) is 29.8 Å². The topological polar surface area (TPSA) is 92.5 Å². The summed E-state index contributed by atoms with van der Waals surface area (Å²) in [6, 6.07) is 6.45. The van der Waals surface area contributed by atoms with Crippen molar-refractivity contribution < 1.29 is 14.4 Å². The zero-order chi connectivity index (χ0) is 15.4. The number of Topliss-reactive ketones (excluding diaryl/α,β-unsaturated/α-hetero) is 1. The minimum atomic E-state index is -0.363. The van der Waals surface area contributed by atoms with Gasteiger partial charge in [0.1, 0.15) is 0 Å². The molecule has 1 aromatic rings. The van der Waals surface area contributed by atoms with E-state index in [2.05, 4.69) is 5.32 Å². The molecular weight excluding hydrogens is 270 g/mol. The van der Waals surface area contributed by atoms with Crippen LogP contribution in [0.5, 0.6) is 0 Å². The van der Waals surface area contributed by atoms with Gasteiger partial charge in [-0.25, -0.2) is 4.79 Å². The number of piperidine rings is 1. The van der Waals surface area contributed by atoms with Gasteiger partial charge < -0.3 is 16.0 Å². The first kappa shape index (κ1) is 15.0. The van der Waals surface area contributed by atoms with Crippen LogP contribution in [0.4, 0.5) is 10.5 Å². The van der Waals surface area contributed by atoms with Gasteiger partial charge in [-0.15, -0.1) is 0 Å². The number of nitrogens with one attached hydrogen (secondary N) is 1. The lowest BCUT2D eigenvalue weighted by atomic mass is 9.98. The molecule has 21 heavy (non-hydrogen) atoms. The summed E-state index contributed by atoms with van der Waals surface area (Å²) < 4.78 is 0. The standard InChI is InChI=1S/C15H19N3O3/c1-10(19)11-4-6-13(7-5-11)17-15(21)18-8-2-3-12(9-18)14(16)20/h4-7,12H,2-3,8-9H2,1H3,(H2,16,20)(H,17,21). The summed E-state index contributed by atoms with van der Waals surface area (Å²) in [5.41, 5.74) is 6.51. The third kappa shape index (κ3) is 3.81. The number of rotatable bonds is 3. The maximum Gasteiger partial charge on any atom is 0.321 e. The molecule has 3 amide bonds. The van der Waals surface area contributed by atoms with Gasteiger partial charge in [0.15, 0.2) is 5.78 Å². The molecule has 6 heteroatoms. The summed E-state index contributed by atoms with van der Waals surface area (Å²) in [5, 5.41) is 2.76. The first-order chi connectivity index (χ1) is 9.97. The Kier molecular flexibility index (Phi) is 4.57. The van der Waals surface area contributed by atoms with E-state index < -0.39 is 0 Å². The van der Waals surface area contributed by atoms with Crippen molar-refractivity contribution >= 4 is 23.4 Å². The average Bonchev–Trinajstić information content (AvgIpc) is 2.48.